The van der Waals surface area contributed by atoms with Gasteiger partial charge in [-0.15, -0.1) is 0 Å². The smallest absolute Gasteiger partial charge is 0.387 e. The number of nitrogens with two attached hydrogens (primary N) is 2. The van der Waals surface area contributed by atoms with Crippen molar-refractivity contribution in [2.75, 3.05) is 24.7 Å². The highest BCUT2D eigenvalue weighted by Crippen LogP contribution is 2.71. The van der Waals surface area contributed by atoms with Gasteiger partial charge in [0.2, 0.25) is 11.9 Å². The normalized spacial score (nSPS) is 30.3. The number of hydrogen-bond donors (Lipinski definition) is 12. The molecule has 0 aliphatic carbocycles. The molecule has 6 rings (SSSR count). The Kier molecular flexibility index (Phi) is 11.1. The number of phosphoric acid groups is 4. The predicted molar refractivity (Wildman–Crippen MR) is 171 cm³/mol. The Balaban J connectivity index is 1.02. The average Bonchev–Trinajstić information content (AvgIpc) is 3.79. The number of H-pyrrole nitrogens is 2. The van der Waals surface area contributed by atoms with Crippen molar-refractivity contribution in [3.63, 3.8) is 0 Å². The maximum Gasteiger partial charge on any atom is 0.490 e. The second kappa shape index (κ2) is 14.8. The van der Waals surface area contributed by atoms with Crippen LogP contribution in [0.2, 0.25) is 0 Å². The number of aliphatic hydroxyl groups excluding tert-OH is 4. The van der Waals surface area contributed by atoms with Gasteiger partial charge in [-0.3, -0.25) is 37.7 Å². The summed E-state index contributed by atoms with van der Waals surface area (Å²) in [5.41, 5.74) is 8.68. The van der Waals surface area contributed by atoms with E-state index >= 15 is 0 Å². The van der Waals surface area contributed by atoms with Crippen molar-refractivity contribution in [3.8, 4) is 0 Å². The molecule has 0 amide bonds. The molecule has 4 aromatic rings. The summed E-state index contributed by atoms with van der Waals surface area (Å²) in [6.45, 7) is -2.36. The van der Waals surface area contributed by atoms with Crippen molar-refractivity contribution in [2.45, 2.75) is 49.1 Å². The molecule has 35 heteroatoms. The summed E-state index contributed by atoms with van der Waals surface area (Å²) in [5, 5.41) is 41.8. The van der Waals surface area contributed by atoms with Crippen LogP contribution in [0.1, 0.15) is 12.5 Å². The summed E-state index contributed by atoms with van der Waals surface area (Å²) < 4.78 is 82.9. The number of ether oxygens (including phenoxy) is 2. The van der Waals surface area contributed by atoms with Crippen molar-refractivity contribution in [1.82, 2.24) is 39.0 Å². The molecule has 2 fully saturated rings. The third-order valence-electron chi connectivity index (χ3n) is 7.55. The van der Waals surface area contributed by atoms with Gasteiger partial charge in [-0.2, -0.15) is 22.9 Å². The fourth-order valence-electron chi connectivity index (χ4n) is 5.26. The summed E-state index contributed by atoms with van der Waals surface area (Å²) in [5.74, 6) is -0.680. The van der Waals surface area contributed by atoms with Crippen LogP contribution in [-0.2, 0) is 49.7 Å². The van der Waals surface area contributed by atoms with Crippen LogP contribution in [0.25, 0.3) is 22.3 Å². The van der Waals surface area contributed by atoms with E-state index < -0.39 is 105 Å². The number of anilines is 2. The minimum absolute atomic E-state index is 0.192. The van der Waals surface area contributed by atoms with Crippen LogP contribution < -0.4 is 22.6 Å². The number of nitrogen functional groups attached to an aromatic ring is 2. The van der Waals surface area contributed by atoms with E-state index in [-0.39, 0.29) is 34.2 Å². The number of aromatic nitrogens is 8. The Morgan fingerprint density at radius 3 is 1.35 bits per heavy atom. The van der Waals surface area contributed by atoms with Crippen molar-refractivity contribution in [3.05, 3.63) is 33.4 Å². The molecule has 0 bridgehead atoms. The van der Waals surface area contributed by atoms with Gasteiger partial charge in [0.25, 0.3) is 11.1 Å². The van der Waals surface area contributed by atoms with Crippen molar-refractivity contribution < 1.29 is 89.7 Å². The third kappa shape index (κ3) is 8.80. The number of hydrogen-bond acceptors (Lipinski definition) is 23. The molecule has 4 aromatic heterocycles. The number of fused-ring (bicyclic) bond motifs is 2. The van der Waals surface area contributed by atoms with E-state index in [1.807, 2.05) is 0 Å². The highest BCUT2D eigenvalue weighted by atomic mass is 31.3. The molecule has 2 aliphatic rings. The molecule has 0 saturated carbocycles. The largest absolute Gasteiger partial charge is 0.490 e. The molecule has 0 radical (unpaired) electrons. The van der Waals surface area contributed by atoms with E-state index in [9.17, 15) is 67.8 Å². The van der Waals surface area contributed by atoms with Crippen LogP contribution in [0.3, 0.4) is 0 Å². The Labute approximate surface area is 301 Å². The van der Waals surface area contributed by atoms with Crippen molar-refractivity contribution in [1.29, 1.82) is 0 Å². The first-order valence-electron chi connectivity index (χ1n) is 14.7. The second-order valence-corrected chi connectivity index (χ2v) is 17.6. The van der Waals surface area contributed by atoms with Gasteiger partial charge in [0.1, 0.15) is 36.6 Å². The van der Waals surface area contributed by atoms with Crippen LogP contribution in [0.15, 0.2) is 22.2 Å². The zero-order valence-corrected chi connectivity index (χ0v) is 30.3. The zero-order chi connectivity index (χ0) is 40.4. The lowest BCUT2D eigenvalue weighted by Gasteiger charge is -2.21. The minimum Gasteiger partial charge on any atom is -0.387 e. The first-order chi connectivity index (χ1) is 25.5. The maximum absolute atomic E-state index is 12.4. The zero-order valence-electron chi connectivity index (χ0n) is 26.7. The average molecular weight is 868 g/mol. The first kappa shape index (κ1) is 41.3. The molecule has 304 valence electrons. The van der Waals surface area contributed by atoms with Gasteiger partial charge in [-0.25, -0.2) is 28.2 Å². The predicted octanol–water partition coefficient (Wildman–Crippen LogP) is -3.86. The van der Waals surface area contributed by atoms with E-state index in [1.54, 1.807) is 0 Å². The van der Waals surface area contributed by atoms with Gasteiger partial charge in [-0.1, -0.05) is 0 Å². The Morgan fingerprint density at radius 1 is 0.636 bits per heavy atom. The molecule has 12 atom stereocenters. The molecule has 14 N–H and O–H groups in total. The topological polar surface area (TPSA) is 474 Å². The molecule has 55 heavy (non-hydrogen) atoms. The number of phosphoric ester groups is 2. The molecule has 2 saturated heterocycles. The van der Waals surface area contributed by atoms with E-state index in [1.165, 1.54) is 0 Å². The van der Waals surface area contributed by atoms with Gasteiger partial charge in [0.15, 0.2) is 34.8 Å². The van der Waals surface area contributed by atoms with Gasteiger partial charge in [-0.05, 0) is 0 Å². The summed E-state index contributed by atoms with van der Waals surface area (Å²) in [7, 11) is -24.2. The van der Waals surface area contributed by atoms with Gasteiger partial charge >= 0.3 is 31.3 Å². The Morgan fingerprint density at radius 2 is 0.982 bits per heavy atom. The number of aliphatic hydroxyl groups is 4. The van der Waals surface area contributed by atoms with E-state index in [2.05, 4.69) is 51.9 Å². The quantitative estimate of drug-likeness (QED) is 0.0540. The van der Waals surface area contributed by atoms with Gasteiger partial charge in [0, 0.05) is 0 Å². The number of imidazole rings is 2. The van der Waals surface area contributed by atoms with Gasteiger partial charge < -0.3 is 60.9 Å². The molecule has 2 aliphatic heterocycles. The maximum atomic E-state index is 12.4. The molecule has 0 spiro atoms. The molecule has 6 heterocycles. The Hall–Kier alpha value is -3.38. The van der Waals surface area contributed by atoms with Crippen LogP contribution in [0.4, 0.5) is 11.9 Å². The first-order valence-corrected chi connectivity index (χ1v) is 20.7. The fourth-order valence-corrected chi connectivity index (χ4v) is 10.2. The molecular weight excluding hydrogens is 840 g/mol. The van der Waals surface area contributed by atoms with Gasteiger partial charge in [0.05, 0.1) is 25.9 Å². The van der Waals surface area contributed by atoms with Crippen LogP contribution in [0, 0.1) is 0 Å². The highest BCUT2D eigenvalue weighted by molar-refractivity contribution is 7.69. The number of nitrogens with one attached hydrogen (secondary N) is 2. The number of rotatable bonds is 14. The fraction of sp³-hybridized carbons (Fsp3) is 0.500. The highest BCUT2D eigenvalue weighted by Gasteiger charge is 2.50. The minimum atomic E-state index is -6.25. The van der Waals surface area contributed by atoms with Crippen LogP contribution in [0.5, 0.6) is 0 Å². The SMILES string of the molecule is Nc1nc2c(ncn2[C@@H]2O[C@H](COP(=O)(O)OP(=O)(O)OP(=O)(O)OP(=O)(O)OC[C@@H]3O[C@H](n4cnc5c(=O)[nH]c(N)nc54)[C@H](O)[C@@H]3O)[C@@H](O)[C@@H]2O)c(=O)[nH]1. The summed E-state index contributed by atoms with van der Waals surface area (Å²) >= 11 is 0. The summed E-state index contributed by atoms with van der Waals surface area (Å²) in [4.78, 5) is 83.4. The van der Waals surface area contributed by atoms with E-state index in [0.717, 1.165) is 21.8 Å². The number of nitrogens with zero attached hydrogens (tertiary/aromatic N) is 6. The lowest BCUT2D eigenvalue weighted by Crippen LogP contribution is -2.33. The summed E-state index contributed by atoms with van der Waals surface area (Å²) in [6, 6.07) is 0. The monoisotopic (exact) mass is 868 g/mol. The molecular formula is C20H28N10O21P4. The molecule has 4 unspecified atom stereocenters. The lowest BCUT2D eigenvalue weighted by atomic mass is 10.1. The standard InChI is InChI=1S/C20H28N10O21P4/c21-19-25-13-7(15(35)27-19)23-3-29(13)17-11(33)9(31)5(47-17)1-45-52(37,38)49-54(41,42)51-55(43,44)50-53(39,40)46-2-6-10(32)12(34)18(48-6)30-4-24-8-14(30)26-20(22)28-16(8)36/h3-6,9-12,17-18,31-34H,1-2H2,(H,37,38)(H,39,40)(H,41,42)(H,43,44)(H3,21,25,27,35)(H3,22,26,28,36)/t5-,6+,9-,10-,11+,12-,17-,18+/m1/s1. The van der Waals surface area contributed by atoms with Crippen molar-refractivity contribution >= 4 is 65.5 Å². The van der Waals surface area contributed by atoms with Crippen LogP contribution >= 0.6 is 31.3 Å². The van der Waals surface area contributed by atoms with Crippen molar-refractivity contribution in [2.24, 2.45) is 0 Å². The van der Waals surface area contributed by atoms with E-state index in [4.69, 9.17) is 20.9 Å². The Bertz CT molecular complexity index is 2260. The third-order valence-corrected chi connectivity index (χ3v) is 13.5. The summed E-state index contributed by atoms with van der Waals surface area (Å²) in [6.07, 6.45) is -11.9. The second-order valence-electron chi connectivity index (χ2n) is 11.4. The molecule has 0 aromatic carbocycles. The molecule has 31 nitrogen and oxygen atoms in total. The lowest BCUT2D eigenvalue weighted by molar-refractivity contribution is -0.0505. The van der Waals surface area contributed by atoms with Crippen LogP contribution in [-0.4, -0.2) is 129 Å². The van der Waals surface area contributed by atoms with E-state index in [0.29, 0.717) is 0 Å². The number of aromatic amines is 2.